The van der Waals surface area contributed by atoms with Gasteiger partial charge in [0.15, 0.2) is 0 Å². The van der Waals surface area contributed by atoms with Crippen LogP contribution in [0.1, 0.15) is 44.2 Å². The summed E-state index contributed by atoms with van der Waals surface area (Å²) >= 11 is 0. The molecular formula is C35H43N7O3. The fourth-order valence-corrected chi connectivity index (χ4v) is 6.96. The van der Waals surface area contributed by atoms with Gasteiger partial charge in [0.1, 0.15) is 17.6 Å². The molecule has 6 rings (SSSR count). The molecule has 2 saturated heterocycles. The highest BCUT2D eigenvalue weighted by atomic mass is 16.5. The number of amides is 1. The van der Waals surface area contributed by atoms with E-state index in [0.717, 1.165) is 79.2 Å². The zero-order chi connectivity index (χ0) is 31.4. The minimum absolute atomic E-state index is 0.0693. The minimum Gasteiger partial charge on any atom is -0.492 e. The molecule has 0 bridgehead atoms. The molecule has 4 aromatic rings. The number of aliphatic hydroxyl groups is 1. The number of nitrogens with one attached hydrogen (secondary N) is 1. The zero-order valence-corrected chi connectivity index (χ0v) is 26.2. The molecule has 236 valence electrons. The summed E-state index contributed by atoms with van der Waals surface area (Å²) in [7, 11) is 0. The molecule has 5 heterocycles. The van der Waals surface area contributed by atoms with Crippen molar-refractivity contribution in [3.05, 3.63) is 78.2 Å². The Morgan fingerprint density at radius 1 is 1.13 bits per heavy atom. The topological polar surface area (TPSA) is 108 Å². The van der Waals surface area contributed by atoms with Gasteiger partial charge in [0.25, 0.3) is 0 Å². The molecule has 0 spiro atoms. The molecule has 0 aliphatic carbocycles. The van der Waals surface area contributed by atoms with E-state index < -0.39 is 17.7 Å². The van der Waals surface area contributed by atoms with Crippen LogP contribution in [0.5, 0.6) is 5.75 Å². The van der Waals surface area contributed by atoms with Gasteiger partial charge in [0.05, 0.1) is 37.2 Å². The Balaban J connectivity index is 1.22. The Hall–Kier alpha value is -4.28. The van der Waals surface area contributed by atoms with E-state index in [9.17, 15) is 9.90 Å². The van der Waals surface area contributed by atoms with Gasteiger partial charge in [0, 0.05) is 48.1 Å². The van der Waals surface area contributed by atoms with E-state index in [1.807, 2.05) is 61.2 Å². The maximum Gasteiger partial charge on any atom is 0.240 e. The molecule has 10 heteroatoms. The van der Waals surface area contributed by atoms with E-state index in [0.29, 0.717) is 19.6 Å². The van der Waals surface area contributed by atoms with Gasteiger partial charge in [-0.2, -0.15) is 5.10 Å². The summed E-state index contributed by atoms with van der Waals surface area (Å²) in [6.07, 6.45) is 7.91. The number of piperidine rings is 1. The Bertz CT molecular complexity index is 1610. The number of pyridine rings is 2. The number of hydrogen-bond donors (Lipinski definition) is 2. The molecule has 0 radical (unpaired) electrons. The summed E-state index contributed by atoms with van der Waals surface area (Å²) in [5.41, 5.74) is 4.70. The summed E-state index contributed by atoms with van der Waals surface area (Å²) < 4.78 is 7.67. The number of carbonyl (C=O) groups is 1. The maximum absolute atomic E-state index is 13.7. The lowest BCUT2D eigenvalue weighted by Gasteiger charge is -2.44. The van der Waals surface area contributed by atoms with Gasteiger partial charge in [0.2, 0.25) is 5.91 Å². The van der Waals surface area contributed by atoms with Crippen LogP contribution >= 0.6 is 0 Å². The number of ether oxygens (including phenoxy) is 1. The number of carbonyl (C=O) groups excluding carboxylic acids is 1. The number of aliphatic imine (C=N–C) groups is 1. The van der Waals surface area contributed by atoms with Crippen molar-refractivity contribution in [3.8, 4) is 16.9 Å². The van der Waals surface area contributed by atoms with E-state index in [4.69, 9.17) is 9.72 Å². The molecule has 10 nitrogen and oxygen atoms in total. The Morgan fingerprint density at radius 3 is 2.62 bits per heavy atom. The van der Waals surface area contributed by atoms with Crippen LogP contribution in [0.2, 0.25) is 0 Å². The van der Waals surface area contributed by atoms with Crippen molar-refractivity contribution < 1.29 is 14.6 Å². The molecule has 2 fully saturated rings. The Labute approximate surface area is 264 Å². The Kier molecular flexibility index (Phi) is 9.14. The van der Waals surface area contributed by atoms with E-state index in [-0.39, 0.29) is 5.91 Å². The van der Waals surface area contributed by atoms with Crippen molar-refractivity contribution in [2.45, 2.75) is 63.8 Å². The first-order chi connectivity index (χ1) is 21.9. The van der Waals surface area contributed by atoms with E-state index in [1.54, 1.807) is 0 Å². The molecule has 0 saturated carbocycles. The highest BCUT2D eigenvalue weighted by molar-refractivity contribution is 5.84. The fourth-order valence-electron chi connectivity index (χ4n) is 6.96. The number of aliphatic hydroxyl groups excluding tert-OH is 1. The van der Waals surface area contributed by atoms with Crippen molar-refractivity contribution in [1.82, 2.24) is 24.8 Å². The molecule has 2 aliphatic rings. The highest BCUT2D eigenvalue weighted by Gasteiger charge is 2.43. The molecule has 1 aromatic carbocycles. The van der Waals surface area contributed by atoms with Crippen LogP contribution in [0.3, 0.4) is 0 Å². The predicted molar refractivity (Wildman–Crippen MR) is 177 cm³/mol. The van der Waals surface area contributed by atoms with E-state index in [1.165, 1.54) is 5.56 Å². The normalized spacial score (nSPS) is 19.9. The summed E-state index contributed by atoms with van der Waals surface area (Å²) in [6, 6.07) is 16.1. The van der Waals surface area contributed by atoms with Crippen molar-refractivity contribution in [2.75, 3.05) is 37.7 Å². The van der Waals surface area contributed by atoms with Gasteiger partial charge in [-0.3, -0.25) is 14.7 Å². The molecule has 45 heavy (non-hydrogen) atoms. The summed E-state index contributed by atoms with van der Waals surface area (Å²) in [6.45, 7) is 11.7. The number of rotatable bonds is 11. The number of benzene rings is 1. The molecule has 2 atom stereocenters. The van der Waals surface area contributed by atoms with E-state index >= 15 is 0 Å². The standard InChI is InChI=1S/C35H43N7O3/c1-4-40-16-13-30(43)33(40)34(44)39-35(20-25-9-7-6-8-10-25)14-17-41(18-15-35)31-12-11-26(22-37-31)29-19-28(45-5-2)24-42-32(29)27(21-36-3)23-38-42/h6-12,19,22-24,30,33,43H,3-5,13-18,20-21H2,1-2H3,(H,39,44)/t30-,33-/m0/s1. The third-order valence-corrected chi connectivity index (χ3v) is 9.28. The largest absolute Gasteiger partial charge is 0.492 e. The van der Waals surface area contributed by atoms with Crippen molar-refractivity contribution in [1.29, 1.82) is 0 Å². The average Bonchev–Trinajstić information content (AvgIpc) is 3.64. The predicted octanol–water partition coefficient (Wildman–Crippen LogP) is 4.15. The van der Waals surface area contributed by atoms with Gasteiger partial charge < -0.3 is 20.1 Å². The van der Waals surface area contributed by atoms with Gasteiger partial charge in [-0.05, 0) is 69.6 Å². The molecule has 2 N–H and O–H groups in total. The molecule has 0 unspecified atom stereocenters. The molecule has 3 aromatic heterocycles. The van der Waals surface area contributed by atoms with Crippen LogP contribution in [0, 0.1) is 0 Å². The molecular weight excluding hydrogens is 566 g/mol. The maximum atomic E-state index is 13.7. The lowest BCUT2D eigenvalue weighted by atomic mass is 9.81. The quantitative estimate of drug-likeness (QED) is 0.246. The number of hydrogen-bond acceptors (Lipinski definition) is 8. The average molecular weight is 610 g/mol. The van der Waals surface area contributed by atoms with Crippen molar-refractivity contribution in [2.24, 2.45) is 4.99 Å². The fraction of sp³-hybridized carbons (Fsp3) is 0.429. The van der Waals surface area contributed by atoms with Crippen LogP contribution in [0.4, 0.5) is 5.82 Å². The van der Waals surface area contributed by atoms with Crippen LogP contribution in [0.25, 0.3) is 16.6 Å². The summed E-state index contributed by atoms with van der Waals surface area (Å²) in [4.78, 5) is 27.0. The van der Waals surface area contributed by atoms with Gasteiger partial charge in [-0.1, -0.05) is 37.3 Å². The second kappa shape index (κ2) is 13.4. The van der Waals surface area contributed by atoms with Gasteiger partial charge >= 0.3 is 0 Å². The van der Waals surface area contributed by atoms with Gasteiger partial charge in [-0.25, -0.2) is 9.50 Å². The number of aromatic nitrogens is 3. The number of anilines is 1. The third kappa shape index (κ3) is 6.43. The van der Waals surface area contributed by atoms with Crippen molar-refractivity contribution in [3.63, 3.8) is 0 Å². The van der Waals surface area contributed by atoms with Crippen molar-refractivity contribution >= 4 is 24.0 Å². The van der Waals surface area contributed by atoms with Crippen LogP contribution in [-0.2, 0) is 17.8 Å². The molecule has 1 amide bonds. The first-order valence-corrected chi connectivity index (χ1v) is 16.0. The zero-order valence-electron chi connectivity index (χ0n) is 26.2. The van der Waals surface area contributed by atoms with Crippen LogP contribution in [0.15, 0.2) is 72.1 Å². The number of fused-ring (bicyclic) bond motifs is 1. The second-order valence-corrected chi connectivity index (χ2v) is 12.1. The minimum atomic E-state index is -0.635. The summed E-state index contributed by atoms with van der Waals surface area (Å²) in [5.74, 6) is 1.57. The SMILES string of the molecule is C=NCc1cnn2cc(OCC)cc(-c3ccc(N4CCC(Cc5ccccc5)(NC(=O)[C@@H]5[C@@H](O)CCN5CC)CC4)nc3)c12. The van der Waals surface area contributed by atoms with Gasteiger partial charge in [-0.15, -0.1) is 0 Å². The monoisotopic (exact) mass is 609 g/mol. The number of likely N-dealkylation sites (tertiary alicyclic amines) is 1. The number of nitrogens with zero attached hydrogens (tertiary/aromatic N) is 6. The first kappa shape index (κ1) is 30.7. The number of likely N-dealkylation sites (N-methyl/N-ethyl adjacent to an activating group) is 1. The third-order valence-electron chi connectivity index (χ3n) is 9.28. The smallest absolute Gasteiger partial charge is 0.240 e. The lowest BCUT2D eigenvalue weighted by Crippen LogP contribution is -2.61. The Morgan fingerprint density at radius 2 is 1.93 bits per heavy atom. The second-order valence-electron chi connectivity index (χ2n) is 12.1. The van der Waals surface area contributed by atoms with Crippen LogP contribution < -0.4 is 15.0 Å². The van der Waals surface area contributed by atoms with Crippen LogP contribution in [-0.4, -0.2) is 87.7 Å². The lowest BCUT2D eigenvalue weighted by molar-refractivity contribution is -0.130. The highest BCUT2D eigenvalue weighted by Crippen LogP contribution is 2.34. The van der Waals surface area contributed by atoms with E-state index in [2.05, 4.69) is 56.2 Å². The molecule has 2 aliphatic heterocycles. The summed E-state index contributed by atoms with van der Waals surface area (Å²) in [5, 5.41) is 18.6. The first-order valence-electron chi connectivity index (χ1n) is 16.0.